The summed E-state index contributed by atoms with van der Waals surface area (Å²) < 4.78 is 13.5. The molecular weight excluding hydrogens is 279 g/mol. The monoisotopic (exact) mass is 299 g/mol. The van der Waals surface area contributed by atoms with E-state index >= 15 is 0 Å². The van der Waals surface area contributed by atoms with Crippen LogP contribution >= 0.6 is 11.6 Å². The number of anilines is 1. The van der Waals surface area contributed by atoms with Crippen LogP contribution in [0.4, 0.5) is 10.1 Å². The van der Waals surface area contributed by atoms with Crippen molar-refractivity contribution in [3.8, 4) is 0 Å². The third-order valence-electron chi connectivity index (χ3n) is 3.67. The molecule has 110 valence electrons. The Labute approximate surface area is 124 Å². The molecule has 0 unspecified atom stereocenters. The molecule has 2 rings (SSSR count). The molecule has 0 aliphatic carbocycles. The third kappa shape index (κ3) is 4.76. The first kappa shape index (κ1) is 15.3. The Morgan fingerprint density at radius 1 is 1.20 bits per heavy atom. The lowest BCUT2D eigenvalue weighted by Gasteiger charge is -2.21. The number of halogens is 2. The van der Waals surface area contributed by atoms with Crippen molar-refractivity contribution < 1.29 is 14.1 Å². The second kappa shape index (κ2) is 7.60. The topological polar surface area (TPSA) is 33.5 Å². The molecular formula is C15H21ClFN2O+. The molecule has 1 heterocycles. The fourth-order valence-electron chi connectivity index (χ4n) is 2.60. The van der Waals surface area contributed by atoms with E-state index < -0.39 is 5.82 Å². The van der Waals surface area contributed by atoms with Crippen LogP contribution in [0.1, 0.15) is 32.1 Å². The fraction of sp³-hybridized carbons (Fsp3) is 0.533. The van der Waals surface area contributed by atoms with Crippen LogP contribution in [0, 0.1) is 5.82 Å². The zero-order valence-electron chi connectivity index (χ0n) is 11.6. The minimum Gasteiger partial charge on any atom is -0.327 e. The van der Waals surface area contributed by atoms with E-state index in [4.69, 9.17) is 11.6 Å². The predicted molar refractivity (Wildman–Crippen MR) is 78.7 cm³/mol. The van der Waals surface area contributed by atoms with Crippen molar-refractivity contribution in [1.82, 2.24) is 0 Å². The van der Waals surface area contributed by atoms with Crippen molar-refractivity contribution in [3.05, 3.63) is 29.0 Å². The molecule has 0 bridgehead atoms. The van der Waals surface area contributed by atoms with E-state index in [1.807, 2.05) is 0 Å². The second-order valence-electron chi connectivity index (χ2n) is 5.37. The number of benzene rings is 1. The lowest BCUT2D eigenvalue weighted by Crippen LogP contribution is -3.13. The van der Waals surface area contributed by atoms with E-state index in [0.29, 0.717) is 11.6 Å². The minimum absolute atomic E-state index is 0.151. The molecule has 5 heteroatoms. The summed E-state index contributed by atoms with van der Waals surface area (Å²) in [7, 11) is 0. The van der Waals surface area contributed by atoms with Crippen molar-refractivity contribution in [2.45, 2.75) is 32.1 Å². The number of carbonyl (C=O) groups excluding carboxylic acids is 1. The molecule has 1 aromatic rings. The first-order valence-corrected chi connectivity index (χ1v) is 7.61. The first-order valence-electron chi connectivity index (χ1n) is 7.23. The molecule has 0 atom stereocenters. The van der Waals surface area contributed by atoms with Crippen LogP contribution in [0.15, 0.2) is 18.2 Å². The number of amides is 1. The summed E-state index contributed by atoms with van der Waals surface area (Å²) in [4.78, 5) is 13.3. The van der Waals surface area contributed by atoms with Crippen LogP contribution in [-0.4, -0.2) is 25.5 Å². The van der Waals surface area contributed by atoms with Gasteiger partial charge in [0.05, 0.1) is 18.8 Å². The van der Waals surface area contributed by atoms with Gasteiger partial charge in [-0.2, -0.15) is 0 Å². The van der Waals surface area contributed by atoms with Crippen LogP contribution in [0.25, 0.3) is 0 Å². The zero-order chi connectivity index (χ0) is 14.4. The van der Waals surface area contributed by atoms with E-state index in [1.165, 1.54) is 42.4 Å². The summed E-state index contributed by atoms with van der Waals surface area (Å²) in [6.07, 6.45) is 6.11. The summed E-state index contributed by atoms with van der Waals surface area (Å²) in [5, 5.41) is 3.03. The van der Waals surface area contributed by atoms with Gasteiger partial charge in [0.25, 0.3) is 5.91 Å². The summed E-state index contributed by atoms with van der Waals surface area (Å²) in [6, 6.07) is 4.18. The summed E-state index contributed by atoms with van der Waals surface area (Å²) in [6.45, 7) is 2.43. The van der Waals surface area contributed by atoms with Crippen LogP contribution in [0.5, 0.6) is 0 Å². The molecule has 1 fully saturated rings. The number of rotatable bonds is 3. The largest absolute Gasteiger partial charge is 0.327 e. The Balaban J connectivity index is 1.89. The highest BCUT2D eigenvalue weighted by atomic mass is 35.5. The van der Waals surface area contributed by atoms with Gasteiger partial charge in [0.1, 0.15) is 5.82 Å². The third-order valence-corrected chi connectivity index (χ3v) is 3.91. The molecule has 2 N–H and O–H groups in total. The smallest absolute Gasteiger partial charge is 0.279 e. The molecule has 1 amide bonds. The Bertz CT molecular complexity index is 459. The number of likely N-dealkylation sites (tertiary alicyclic amines) is 1. The average molecular weight is 300 g/mol. The van der Waals surface area contributed by atoms with E-state index in [-0.39, 0.29) is 11.6 Å². The highest BCUT2D eigenvalue weighted by Gasteiger charge is 2.16. The molecule has 0 spiro atoms. The summed E-state index contributed by atoms with van der Waals surface area (Å²) >= 11 is 5.81. The number of quaternary nitrogens is 1. The quantitative estimate of drug-likeness (QED) is 0.882. The first-order chi connectivity index (χ1) is 9.65. The fourth-order valence-corrected chi connectivity index (χ4v) is 2.77. The van der Waals surface area contributed by atoms with Crippen LogP contribution in [-0.2, 0) is 4.79 Å². The van der Waals surface area contributed by atoms with E-state index in [0.717, 1.165) is 25.9 Å². The Kier molecular flexibility index (Phi) is 5.80. The number of nitrogens with one attached hydrogen (secondary N) is 2. The van der Waals surface area contributed by atoms with Gasteiger partial charge in [-0.3, -0.25) is 4.79 Å². The van der Waals surface area contributed by atoms with Crippen molar-refractivity contribution in [3.63, 3.8) is 0 Å². The Morgan fingerprint density at radius 3 is 2.55 bits per heavy atom. The molecule has 0 radical (unpaired) electrons. The van der Waals surface area contributed by atoms with Gasteiger partial charge in [-0.1, -0.05) is 18.0 Å². The van der Waals surface area contributed by atoms with Crippen molar-refractivity contribution in [2.24, 2.45) is 0 Å². The van der Waals surface area contributed by atoms with Gasteiger partial charge in [-0.15, -0.1) is 0 Å². The Hall–Kier alpha value is -1.13. The van der Waals surface area contributed by atoms with E-state index in [1.54, 1.807) is 0 Å². The highest BCUT2D eigenvalue weighted by molar-refractivity contribution is 6.30. The highest BCUT2D eigenvalue weighted by Crippen LogP contribution is 2.19. The van der Waals surface area contributed by atoms with Gasteiger partial charge in [0, 0.05) is 5.02 Å². The van der Waals surface area contributed by atoms with Crippen LogP contribution < -0.4 is 10.2 Å². The molecule has 1 aromatic carbocycles. The minimum atomic E-state index is -0.453. The van der Waals surface area contributed by atoms with Gasteiger partial charge in [0.2, 0.25) is 0 Å². The summed E-state index contributed by atoms with van der Waals surface area (Å²) in [5.74, 6) is -0.604. The van der Waals surface area contributed by atoms with Crippen LogP contribution in [0.3, 0.4) is 0 Å². The van der Waals surface area contributed by atoms with E-state index in [2.05, 4.69) is 5.32 Å². The number of hydrogen-bond acceptors (Lipinski definition) is 1. The molecule has 20 heavy (non-hydrogen) atoms. The molecule has 3 nitrogen and oxygen atoms in total. The lowest BCUT2D eigenvalue weighted by molar-refractivity contribution is -0.892. The van der Waals surface area contributed by atoms with Gasteiger partial charge in [0.15, 0.2) is 6.54 Å². The standard InChI is InChI=1S/C15H20ClFN2O/c16-12-6-7-13(17)14(10-12)18-15(20)11-19-8-4-2-1-3-5-9-19/h6-7,10H,1-5,8-9,11H2,(H,18,20)/p+1. The lowest BCUT2D eigenvalue weighted by atomic mass is 10.1. The molecule has 1 aliphatic heterocycles. The SMILES string of the molecule is O=C(C[NH+]1CCCCCCC1)Nc1cc(Cl)ccc1F. The second-order valence-corrected chi connectivity index (χ2v) is 5.80. The molecule has 1 saturated heterocycles. The van der Waals surface area contributed by atoms with E-state index in [9.17, 15) is 9.18 Å². The predicted octanol–water partition coefficient (Wildman–Crippen LogP) is 2.27. The van der Waals surface area contributed by atoms with Crippen molar-refractivity contribution in [2.75, 3.05) is 25.0 Å². The maximum absolute atomic E-state index is 13.5. The Morgan fingerprint density at radius 2 is 1.85 bits per heavy atom. The van der Waals surface area contributed by atoms with Crippen LogP contribution in [0.2, 0.25) is 5.02 Å². The molecule has 1 aliphatic rings. The van der Waals surface area contributed by atoms with Crippen molar-refractivity contribution >= 4 is 23.2 Å². The average Bonchev–Trinajstić information content (AvgIpc) is 2.37. The maximum atomic E-state index is 13.5. The van der Waals surface area contributed by atoms with Gasteiger partial charge in [-0.05, 0) is 43.9 Å². The zero-order valence-corrected chi connectivity index (χ0v) is 12.3. The number of hydrogen-bond donors (Lipinski definition) is 2. The summed E-state index contributed by atoms with van der Waals surface area (Å²) in [5.41, 5.74) is 0.161. The van der Waals surface area contributed by atoms with Gasteiger partial charge < -0.3 is 10.2 Å². The molecule has 0 aromatic heterocycles. The normalized spacial score (nSPS) is 17.3. The van der Waals surface area contributed by atoms with Gasteiger partial charge in [-0.25, -0.2) is 4.39 Å². The van der Waals surface area contributed by atoms with Crippen molar-refractivity contribution in [1.29, 1.82) is 0 Å². The van der Waals surface area contributed by atoms with Gasteiger partial charge >= 0.3 is 0 Å². The maximum Gasteiger partial charge on any atom is 0.279 e. The molecule has 0 saturated carbocycles. The number of carbonyl (C=O) groups is 1.